The molecule has 0 aromatic heterocycles. The predicted octanol–water partition coefficient (Wildman–Crippen LogP) is 7.22. The van der Waals surface area contributed by atoms with E-state index in [9.17, 15) is 0 Å². The van der Waals surface area contributed by atoms with E-state index in [0.29, 0.717) is 17.8 Å². The Hall–Kier alpha value is -0.235. The van der Waals surface area contributed by atoms with Crippen LogP contribution in [0.2, 0.25) is 0 Å². The third-order valence-electron chi connectivity index (χ3n) is 5.19. The van der Waals surface area contributed by atoms with E-state index >= 15 is 0 Å². The second-order valence-corrected chi connectivity index (χ2v) is 13.9. The van der Waals surface area contributed by atoms with Crippen molar-refractivity contribution < 1.29 is 33.8 Å². The average Bonchev–Trinajstić information content (AvgIpc) is 3.28. The van der Waals surface area contributed by atoms with Gasteiger partial charge >= 0.3 is 170 Å². The van der Waals surface area contributed by atoms with Crippen LogP contribution < -0.4 is 0 Å². The number of hydrogen-bond donors (Lipinski definition) is 0. The fourth-order valence-electron chi connectivity index (χ4n) is 3.88. The van der Waals surface area contributed by atoms with E-state index in [-0.39, 0.29) is 0 Å². The topological polar surface area (TPSA) is 0 Å². The van der Waals surface area contributed by atoms with E-state index in [1.54, 1.807) is 16.7 Å². The molecule has 0 nitrogen and oxygen atoms in total. The molecule has 0 aromatic carbocycles. The molecule has 0 aliphatic heterocycles. The Morgan fingerprint density at radius 3 is 1.08 bits per heavy atom. The van der Waals surface area contributed by atoms with Crippen molar-refractivity contribution in [3.63, 3.8) is 0 Å². The molecule has 0 saturated heterocycles. The maximum absolute atomic E-state index is 2.44. The van der Waals surface area contributed by atoms with E-state index in [1.807, 2.05) is 4.06 Å². The zero-order chi connectivity index (χ0) is 18.1. The third-order valence-corrected chi connectivity index (χ3v) is 12.7. The van der Waals surface area contributed by atoms with Crippen molar-refractivity contribution in [3.05, 3.63) is 57.2 Å². The van der Waals surface area contributed by atoms with Gasteiger partial charge in [-0.3, -0.25) is 0 Å². The van der Waals surface area contributed by atoms with Crippen molar-refractivity contribution in [1.29, 1.82) is 0 Å². The quantitative estimate of drug-likeness (QED) is 0.378. The van der Waals surface area contributed by atoms with Gasteiger partial charge in [0.05, 0.1) is 0 Å². The molecule has 0 bridgehead atoms. The number of allylic oxidation sites excluding steroid dienone is 12. The van der Waals surface area contributed by atoms with Crippen LogP contribution in [0.4, 0.5) is 0 Å². The molecule has 0 N–H and O–H groups in total. The summed E-state index contributed by atoms with van der Waals surface area (Å²) in [4.78, 5) is 0. The van der Waals surface area contributed by atoms with Crippen LogP contribution in [0.3, 0.4) is 0 Å². The van der Waals surface area contributed by atoms with Gasteiger partial charge in [0.25, 0.3) is 0 Å². The molecule has 3 aliphatic carbocycles. The summed E-state index contributed by atoms with van der Waals surface area (Å²) >= 11 is -1.76. The van der Waals surface area contributed by atoms with Crippen molar-refractivity contribution in [3.8, 4) is 0 Å². The first-order valence-electron chi connectivity index (χ1n) is 9.76. The molecule has 3 aliphatic rings. The van der Waals surface area contributed by atoms with Gasteiger partial charge in [0.2, 0.25) is 0 Å². The van der Waals surface area contributed by atoms with Crippen LogP contribution in [0.15, 0.2) is 57.2 Å². The normalized spacial score (nSPS) is 20.8. The molecule has 0 atom stereocenters. The first kappa shape index (κ1) is 19.5. The summed E-state index contributed by atoms with van der Waals surface area (Å²) < 4.78 is 5.54. The molecule has 0 heterocycles. The van der Waals surface area contributed by atoms with Gasteiger partial charge in [-0.15, -0.1) is 0 Å². The fraction of sp³-hybridized carbons (Fsp3) is 0.500. The summed E-state index contributed by atoms with van der Waals surface area (Å²) in [6, 6.07) is 0. The van der Waals surface area contributed by atoms with Crippen LogP contribution in [0.1, 0.15) is 60.8 Å². The van der Waals surface area contributed by atoms with Gasteiger partial charge in [-0.25, -0.2) is 0 Å². The molecule has 3 rings (SSSR count). The molecular weight excluding hydrogens is 446 g/mol. The monoisotopic (exact) mass is 479 g/mol. The standard InChI is InChI=1S/3C8H11.Gd/c3*1-7(2)8-5-3-4-6-8;/h3*3,5,7H,4H2,1-2H3;. The van der Waals surface area contributed by atoms with Crippen molar-refractivity contribution >= 4 is 0 Å². The molecular formula is C24H33Gd. The molecule has 0 unspecified atom stereocenters. The van der Waals surface area contributed by atoms with E-state index in [2.05, 4.69) is 78.0 Å². The Morgan fingerprint density at radius 2 is 0.840 bits per heavy atom. The number of rotatable bonds is 6. The van der Waals surface area contributed by atoms with Gasteiger partial charge in [-0.1, -0.05) is 0 Å². The van der Waals surface area contributed by atoms with E-state index < -0.39 is 33.8 Å². The van der Waals surface area contributed by atoms with Crippen molar-refractivity contribution in [2.24, 2.45) is 17.8 Å². The minimum atomic E-state index is -1.76. The van der Waals surface area contributed by atoms with Crippen molar-refractivity contribution in [2.45, 2.75) is 60.8 Å². The van der Waals surface area contributed by atoms with Gasteiger partial charge in [-0.05, 0) is 0 Å². The summed E-state index contributed by atoms with van der Waals surface area (Å²) in [6.07, 6.45) is 18.2. The van der Waals surface area contributed by atoms with Gasteiger partial charge in [0.15, 0.2) is 0 Å². The van der Waals surface area contributed by atoms with Gasteiger partial charge < -0.3 is 0 Å². The molecule has 137 valence electrons. The Bertz CT molecular complexity index is 617. The minimum absolute atomic E-state index is 0.647. The fourth-order valence-corrected chi connectivity index (χ4v) is 13.0. The molecule has 0 saturated carbocycles. The summed E-state index contributed by atoms with van der Waals surface area (Å²) in [7, 11) is 0. The molecule has 1 heteroatoms. The van der Waals surface area contributed by atoms with Crippen molar-refractivity contribution in [2.75, 3.05) is 0 Å². The molecule has 0 fully saturated rings. The van der Waals surface area contributed by atoms with Crippen LogP contribution in [0.5, 0.6) is 0 Å². The third kappa shape index (κ3) is 3.89. The van der Waals surface area contributed by atoms with Gasteiger partial charge in [0.1, 0.15) is 0 Å². The average molecular weight is 479 g/mol. The molecule has 0 radical (unpaired) electrons. The second-order valence-electron chi connectivity index (χ2n) is 8.09. The summed E-state index contributed by atoms with van der Waals surface area (Å²) in [5, 5.41) is 0. The molecule has 0 aromatic rings. The van der Waals surface area contributed by atoms with Crippen LogP contribution in [-0.2, 0) is 0 Å². The summed E-state index contributed by atoms with van der Waals surface area (Å²) in [5.74, 6) is 1.94. The van der Waals surface area contributed by atoms with E-state index in [0.717, 1.165) is 0 Å². The SMILES string of the molecule is CC(C)C1=[C]([Gd]([C]2=C(C(C)C)C=CC2)[C]2=C(C(C)C)C=CC2)CC=C1. The van der Waals surface area contributed by atoms with Gasteiger partial charge in [-0.2, -0.15) is 0 Å². The second kappa shape index (κ2) is 8.20. The van der Waals surface area contributed by atoms with Crippen LogP contribution in [0.25, 0.3) is 0 Å². The Kier molecular flexibility index (Phi) is 6.40. The molecule has 0 spiro atoms. The molecule has 25 heavy (non-hydrogen) atoms. The Balaban J connectivity index is 2.17. The maximum atomic E-state index is 2.44. The van der Waals surface area contributed by atoms with Gasteiger partial charge in [0, 0.05) is 0 Å². The number of hydrogen-bond acceptors (Lipinski definition) is 0. The zero-order valence-corrected chi connectivity index (χ0v) is 18.9. The van der Waals surface area contributed by atoms with E-state index in [4.69, 9.17) is 0 Å². The zero-order valence-electron chi connectivity index (χ0n) is 16.7. The van der Waals surface area contributed by atoms with Crippen molar-refractivity contribution in [1.82, 2.24) is 0 Å². The van der Waals surface area contributed by atoms with Crippen LogP contribution in [-0.4, -0.2) is 0 Å². The molecule has 0 amide bonds. The first-order chi connectivity index (χ1) is 11.9. The Labute approximate surface area is 168 Å². The predicted molar refractivity (Wildman–Crippen MR) is 107 cm³/mol. The summed E-state index contributed by atoms with van der Waals surface area (Å²) in [6.45, 7) is 14.2. The van der Waals surface area contributed by atoms with Crippen LogP contribution >= 0.6 is 0 Å². The summed E-state index contributed by atoms with van der Waals surface area (Å²) in [5.41, 5.74) is 4.97. The van der Waals surface area contributed by atoms with E-state index in [1.165, 1.54) is 19.3 Å². The van der Waals surface area contributed by atoms with Crippen LogP contribution in [0, 0.1) is 51.6 Å². The Morgan fingerprint density at radius 1 is 0.560 bits per heavy atom. The first-order valence-corrected chi connectivity index (χ1v) is 13.2.